The molecule has 2 N–H and O–H groups in total. The van der Waals surface area contributed by atoms with Crippen LogP contribution >= 0.6 is 22.6 Å². The molecular formula is C20H25IN4O3. The van der Waals surface area contributed by atoms with Crippen molar-refractivity contribution in [1.82, 2.24) is 20.2 Å². The molecule has 1 aliphatic rings. The largest absolute Gasteiger partial charge is 0.453 e. The summed E-state index contributed by atoms with van der Waals surface area (Å²) >= 11 is 2.27. The van der Waals surface area contributed by atoms with E-state index in [1.807, 2.05) is 49.2 Å². The molecular weight excluding hydrogens is 471 g/mol. The summed E-state index contributed by atoms with van der Waals surface area (Å²) in [5.74, 6) is 0.627. The van der Waals surface area contributed by atoms with E-state index in [9.17, 15) is 9.59 Å². The number of hydrogen-bond acceptors (Lipinski definition) is 4. The number of likely N-dealkylation sites (tertiary alicyclic amines) is 1. The number of benzene rings is 1. The van der Waals surface area contributed by atoms with Crippen LogP contribution in [-0.4, -0.2) is 46.6 Å². The fourth-order valence-electron chi connectivity index (χ4n) is 3.47. The molecule has 0 saturated carbocycles. The smallest absolute Gasteiger partial charge is 0.407 e. The van der Waals surface area contributed by atoms with Crippen LogP contribution in [0.3, 0.4) is 0 Å². The van der Waals surface area contributed by atoms with E-state index in [1.165, 1.54) is 10.7 Å². The number of imidazole rings is 1. The van der Waals surface area contributed by atoms with Crippen molar-refractivity contribution in [1.29, 1.82) is 0 Å². The van der Waals surface area contributed by atoms with Gasteiger partial charge in [-0.2, -0.15) is 0 Å². The fraction of sp³-hybridized carbons (Fsp3) is 0.450. The summed E-state index contributed by atoms with van der Waals surface area (Å²) in [4.78, 5) is 34.6. The molecule has 8 heteroatoms. The molecule has 1 aromatic carbocycles. The highest BCUT2D eigenvalue weighted by Gasteiger charge is 2.37. The van der Waals surface area contributed by atoms with Crippen molar-refractivity contribution in [3.63, 3.8) is 0 Å². The number of alkyl carbamates (subject to hydrolysis) is 1. The van der Waals surface area contributed by atoms with Gasteiger partial charge in [0.1, 0.15) is 11.9 Å². The summed E-state index contributed by atoms with van der Waals surface area (Å²) in [6.45, 7) is 4.46. The van der Waals surface area contributed by atoms with Crippen molar-refractivity contribution in [3.05, 3.63) is 39.9 Å². The maximum atomic E-state index is 13.1. The van der Waals surface area contributed by atoms with E-state index in [4.69, 9.17) is 4.98 Å². The van der Waals surface area contributed by atoms with Crippen LogP contribution in [-0.2, 0) is 9.53 Å². The van der Waals surface area contributed by atoms with Gasteiger partial charge in [-0.25, -0.2) is 9.78 Å². The molecule has 2 aromatic rings. The maximum absolute atomic E-state index is 13.1. The van der Waals surface area contributed by atoms with Gasteiger partial charge in [0.15, 0.2) is 0 Å². The minimum atomic E-state index is -0.626. The van der Waals surface area contributed by atoms with Gasteiger partial charge in [0.25, 0.3) is 0 Å². The number of ether oxygens (including phenoxy) is 1. The van der Waals surface area contributed by atoms with Crippen LogP contribution in [0.2, 0.25) is 0 Å². The summed E-state index contributed by atoms with van der Waals surface area (Å²) in [6, 6.07) is 7.41. The third-order valence-corrected chi connectivity index (χ3v) is 5.70. The maximum Gasteiger partial charge on any atom is 0.407 e. The number of nitrogens with one attached hydrogen (secondary N) is 2. The molecule has 2 atom stereocenters. The van der Waals surface area contributed by atoms with Crippen LogP contribution in [0, 0.1) is 9.49 Å². The lowest BCUT2D eigenvalue weighted by molar-refractivity contribution is -0.135. The van der Waals surface area contributed by atoms with Crippen molar-refractivity contribution >= 4 is 34.6 Å². The van der Waals surface area contributed by atoms with E-state index < -0.39 is 12.1 Å². The predicted molar refractivity (Wildman–Crippen MR) is 115 cm³/mol. The number of rotatable bonds is 5. The van der Waals surface area contributed by atoms with Gasteiger partial charge >= 0.3 is 6.09 Å². The fourth-order valence-corrected chi connectivity index (χ4v) is 3.83. The van der Waals surface area contributed by atoms with Crippen molar-refractivity contribution in [2.75, 3.05) is 13.7 Å². The summed E-state index contributed by atoms with van der Waals surface area (Å²) in [6.07, 6.45) is 3.03. The Hall–Kier alpha value is -2.10. The SMILES string of the molecule is COC(=O)N[C@H](C(=O)N1CCC[C@H]1c1nc(-c2ccc(I)cc2)c[nH]1)C(C)C. The second-order valence-corrected chi connectivity index (χ2v) is 8.47. The number of nitrogens with zero attached hydrogens (tertiary/aromatic N) is 2. The Morgan fingerprint density at radius 1 is 1.32 bits per heavy atom. The number of methoxy groups -OCH3 is 1. The average Bonchev–Trinajstić information content (AvgIpc) is 3.34. The highest BCUT2D eigenvalue weighted by Crippen LogP contribution is 2.32. The number of H-pyrrole nitrogens is 1. The van der Waals surface area contributed by atoms with Gasteiger partial charge in [0, 0.05) is 21.9 Å². The van der Waals surface area contributed by atoms with E-state index in [-0.39, 0.29) is 17.9 Å². The Balaban J connectivity index is 1.79. The zero-order valence-corrected chi connectivity index (χ0v) is 18.4. The monoisotopic (exact) mass is 496 g/mol. The van der Waals surface area contributed by atoms with Crippen LogP contribution in [0.25, 0.3) is 11.3 Å². The highest BCUT2D eigenvalue weighted by atomic mass is 127. The Kier molecular flexibility index (Phi) is 6.58. The quantitative estimate of drug-likeness (QED) is 0.618. The number of hydrogen-bond donors (Lipinski definition) is 2. The molecule has 1 fully saturated rings. The van der Waals surface area contributed by atoms with Gasteiger partial charge in [-0.05, 0) is 53.5 Å². The molecule has 150 valence electrons. The molecule has 1 saturated heterocycles. The number of carbonyl (C=O) groups excluding carboxylic acids is 2. The third kappa shape index (κ3) is 4.48. The van der Waals surface area contributed by atoms with Crippen molar-refractivity contribution in [2.45, 2.75) is 38.8 Å². The number of aromatic amines is 1. The van der Waals surface area contributed by atoms with Gasteiger partial charge in [-0.1, -0.05) is 26.0 Å². The Labute approximate surface area is 178 Å². The molecule has 0 aliphatic carbocycles. The van der Waals surface area contributed by atoms with Crippen molar-refractivity contribution in [2.24, 2.45) is 5.92 Å². The molecule has 0 bridgehead atoms. The molecule has 7 nitrogen and oxygen atoms in total. The van der Waals surface area contributed by atoms with Gasteiger partial charge in [0.2, 0.25) is 5.91 Å². The molecule has 3 rings (SSSR count). The molecule has 0 unspecified atom stereocenters. The van der Waals surface area contributed by atoms with Crippen LogP contribution < -0.4 is 5.32 Å². The molecule has 1 aliphatic heterocycles. The zero-order chi connectivity index (χ0) is 20.3. The summed E-state index contributed by atoms with van der Waals surface area (Å²) in [7, 11) is 1.30. The molecule has 28 heavy (non-hydrogen) atoms. The average molecular weight is 496 g/mol. The molecule has 2 amide bonds. The first kappa shape index (κ1) is 20.6. The first-order chi connectivity index (χ1) is 13.4. The van der Waals surface area contributed by atoms with Crippen LogP contribution in [0.5, 0.6) is 0 Å². The van der Waals surface area contributed by atoms with Gasteiger partial charge in [0.05, 0.1) is 18.8 Å². The highest BCUT2D eigenvalue weighted by molar-refractivity contribution is 14.1. The lowest BCUT2D eigenvalue weighted by Crippen LogP contribution is -2.51. The summed E-state index contributed by atoms with van der Waals surface area (Å²) in [5, 5.41) is 2.67. The lowest BCUT2D eigenvalue weighted by Gasteiger charge is -2.29. The Bertz CT molecular complexity index is 834. The number of halogens is 1. The number of carbonyl (C=O) groups is 2. The van der Waals surface area contributed by atoms with Crippen LogP contribution in [0.4, 0.5) is 4.79 Å². The van der Waals surface area contributed by atoms with Crippen molar-refractivity contribution < 1.29 is 14.3 Å². The van der Waals surface area contributed by atoms with Crippen LogP contribution in [0.15, 0.2) is 30.5 Å². The minimum Gasteiger partial charge on any atom is -0.453 e. The number of amides is 2. The molecule has 2 heterocycles. The van der Waals surface area contributed by atoms with E-state index in [0.717, 1.165) is 29.9 Å². The third-order valence-electron chi connectivity index (χ3n) is 4.98. The van der Waals surface area contributed by atoms with Crippen LogP contribution in [0.1, 0.15) is 38.6 Å². The van der Waals surface area contributed by atoms with E-state index in [1.54, 1.807) is 0 Å². The zero-order valence-electron chi connectivity index (χ0n) is 16.2. The van der Waals surface area contributed by atoms with Gasteiger partial charge in [-0.15, -0.1) is 0 Å². The lowest BCUT2D eigenvalue weighted by atomic mass is 10.0. The van der Waals surface area contributed by atoms with E-state index in [0.29, 0.717) is 6.54 Å². The Morgan fingerprint density at radius 3 is 2.68 bits per heavy atom. The van der Waals surface area contributed by atoms with E-state index in [2.05, 4.69) is 37.6 Å². The molecule has 1 aromatic heterocycles. The predicted octanol–water partition coefficient (Wildman–Crippen LogP) is 3.73. The Morgan fingerprint density at radius 2 is 2.04 bits per heavy atom. The topological polar surface area (TPSA) is 87.3 Å². The van der Waals surface area contributed by atoms with Crippen molar-refractivity contribution in [3.8, 4) is 11.3 Å². The van der Waals surface area contributed by atoms with Gasteiger partial charge in [-0.3, -0.25) is 4.79 Å². The first-order valence-corrected chi connectivity index (χ1v) is 10.4. The molecule has 0 radical (unpaired) electrons. The second-order valence-electron chi connectivity index (χ2n) is 7.23. The van der Waals surface area contributed by atoms with E-state index >= 15 is 0 Å². The normalized spacial score (nSPS) is 17.6. The second kappa shape index (κ2) is 8.93. The standard InChI is InChI=1S/C20H25IN4O3/c1-12(2)17(24-20(27)28-3)19(26)25-10-4-5-16(25)18-22-11-15(23-18)13-6-8-14(21)9-7-13/h6-9,11-12,16-17H,4-5,10H2,1-3H3,(H,22,23)(H,24,27)/t16-,17-/m0/s1. The molecule has 0 spiro atoms. The summed E-state index contributed by atoms with van der Waals surface area (Å²) in [5.41, 5.74) is 1.89. The number of aromatic nitrogens is 2. The first-order valence-electron chi connectivity index (χ1n) is 9.37. The summed E-state index contributed by atoms with van der Waals surface area (Å²) < 4.78 is 5.84. The minimum absolute atomic E-state index is 0.0493. The van der Waals surface area contributed by atoms with Gasteiger partial charge < -0.3 is 19.9 Å².